The minimum absolute atomic E-state index is 1.49. The van der Waals surface area contributed by atoms with Gasteiger partial charge in [-0.2, -0.15) is 0 Å². The Hall–Kier alpha value is -0.440. The van der Waals surface area contributed by atoms with Crippen LogP contribution in [-0.2, 0) is 4.84 Å². The molecule has 0 amide bonds. The van der Waals surface area contributed by atoms with Gasteiger partial charge in [-0.15, -0.1) is 0 Å². The van der Waals surface area contributed by atoms with Gasteiger partial charge in [0, 0.05) is 6.21 Å². The van der Waals surface area contributed by atoms with Crippen LogP contribution >= 0.6 is 12.2 Å². The number of nitrogens with zero attached hydrogens (tertiary/aromatic N) is 1. The normalized spacial score (nSPS) is 8.83. The zero-order chi connectivity index (χ0) is 4.83. The number of hydrogen-bond donors (Lipinski definition) is 0. The van der Waals surface area contributed by atoms with Crippen molar-refractivity contribution in [1.29, 1.82) is 0 Å². The molecule has 0 aliphatic rings. The summed E-state index contributed by atoms with van der Waals surface area (Å²) in [5.41, 5.74) is 1.95. The van der Waals surface area contributed by atoms with Gasteiger partial charge in [0.2, 0.25) is 0 Å². The Balaban J connectivity index is 2.85. The fraction of sp³-hybridized carbons (Fsp3) is 0.333. The summed E-state index contributed by atoms with van der Waals surface area (Å²) in [5, 5.41) is 3.25. The van der Waals surface area contributed by atoms with Crippen molar-refractivity contribution in [2.75, 3.05) is 0 Å². The summed E-state index contributed by atoms with van der Waals surface area (Å²) in [6.07, 6.45) is 1.49. The van der Waals surface area contributed by atoms with E-state index >= 15 is 0 Å². The number of oxime groups is 1. The lowest BCUT2D eigenvalue weighted by Crippen LogP contribution is -1.68. The van der Waals surface area contributed by atoms with Gasteiger partial charge in [0.25, 0.3) is 5.55 Å². The van der Waals surface area contributed by atoms with Crippen molar-refractivity contribution in [1.82, 2.24) is 0 Å². The van der Waals surface area contributed by atoms with Crippen molar-refractivity contribution in [2.24, 2.45) is 5.16 Å². The van der Waals surface area contributed by atoms with E-state index in [1.165, 1.54) is 6.21 Å². The van der Waals surface area contributed by atoms with E-state index in [0.29, 0.717) is 0 Å². The Labute approximate surface area is 41.8 Å². The van der Waals surface area contributed by atoms with Crippen LogP contribution in [0.2, 0.25) is 0 Å². The van der Waals surface area contributed by atoms with E-state index in [1.54, 1.807) is 6.92 Å². The van der Waals surface area contributed by atoms with Crippen LogP contribution < -0.4 is 0 Å². The fourth-order valence-electron chi connectivity index (χ4n) is 0.0742. The van der Waals surface area contributed by atoms with Gasteiger partial charge in [0.05, 0.1) is 0 Å². The molecule has 3 heteroatoms. The van der Waals surface area contributed by atoms with Crippen LogP contribution in [0.5, 0.6) is 0 Å². The molecule has 0 aromatic carbocycles. The second kappa shape index (κ2) is 4.56. The molecule has 0 saturated heterocycles. The van der Waals surface area contributed by atoms with Crippen LogP contribution in [0.25, 0.3) is 0 Å². The summed E-state index contributed by atoms with van der Waals surface area (Å²) in [6.45, 7) is 1.73. The van der Waals surface area contributed by atoms with Gasteiger partial charge in [-0.1, -0.05) is 5.16 Å². The van der Waals surface area contributed by atoms with Crippen LogP contribution in [0.4, 0.5) is 0 Å². The summed E-state index contributed by atoms with van der Waals surface area (Å²) < 4.78 is 0. The predicted molar refractivity (Wildman–Crippen MR) is 27.8 cm³/mol. The van der Waals surface area contributed by atoms with Crippen LogP contribution in [0, 0.1) is 0 Å². The second-order valence-corrected chi connectivity index (χ2v) is 0.705. The van der Waals surface area contributed by atoms with Gasteiger partial charge in [-0.25, -0.2) is 0 Å². The van der Waals surface area contributed by atoms with E-state index in [0.717, 1.165) is 0 Å². The highest BCUT2D eigenvalue weighted by Crippen LogP contribution is 1.63. The van der Waals surface area contributed by atoms with Gasteiger partial charge in [-0.05, 0) is 19.1 Å². The van der Waals surface area contributed by atoms with Crippen molar-refractivity contribution in [2.45, 2.75) is 6.92 Å². The third-order valence-electron chi connectivity index (χ3n) is 0.195. The molecule has 0 aliphatic heterocycles. The monoisotopic (exact) mass is 102 g/mol. The molecule has 0 fully saturated rings. The highest BCUT2D eigenvalue weighted by Gasteiger charge is 1.58. The minimum atomic E-state index is 1.49. The largest absolute Gasteiger partial charge is 0.340 e. The van der Waals surface area contributed by atoms with Crippen LogP contribution in [0.3, 0.4) is 0 Å². The highest BCUT2D eigenvalue weighted by atomic mass is 32.1. The van der Waals surface area contributed by atoms with E-state index in [4.69, 9.17) is 0 Å². The van der Waals surface area contributed by atoms with E-state index < -0.39 is 0 Å². The van der Waals surface area contributed by atoms with Gasteiger partial charge in [0.15, 0.2) is 0 Å². The smallest absolute Gasteiger partial charge is 0.278 e. The quantitative estimate of drug-likeness (QED) is 0.293. The van der Waals surface area contributed by atoms with Crippen molar-refractivity contribution in [3.63, 3.8) is 0 Å². The average Bonchev–Trinajstić information content (AvgIpc) is 1.61. The molecule has 0 atom stereocenters. The first-order chi connectivity index (χ1) is 2.91. The number of hydrogen-bond acceptors (Lipinski definition) is 3. The first-order valence-electron chi connectivity index (χ1n) is 1.43. The molecule has 0 saturated carbocycles. The van der Waals surface area contributed by atoms with Crippen molar-refractivity contribution in [3.8, 4) is 0 Å². The first-order valence-corrected chi connectivity index (χ1v) is 1.83. The molecule has 0 aromatic heterocycles. The molecule has 0 spiro atoms. The van der Waals surface area contributed by atoms with Gasteiger partial charge in [-0.3, -0.25) is 0 Å². The SMILES string of the molecule is CC=NO[C]=S. The standard InChI is InChI=1S/C3H4NOS/c1-2-4-5-3-6/h2H,1H3. The zero-order valence-corrected chi connectivity index (χ0v) is 4.16. The maximum atomic E-state index is 4.13. The van der Waals surface area contributed by atoms with Crippen LogP contribution in [-0.4, -0.2) is 11.8 Å². The fourth-order valence-corrected chi connectivity index (χ4v) is 0.117. The number of rotatable bonds is 2. The summed E-state index contributed by atoms with van der Waals surface area (Å²) in [4.78, 5) is 4.12. The second-order valence-electron chi connectivity index (χ2n) is 0.538. The molecular weight excluding hydrogens is 98.1 g/mol. The molecule has 0 aliphatic carbocycles. The van der Waals surface area contributed by atoms with Crippen LogP contribution in [0.1, 0.15) is 6.92 Å². The molecule has 0 bridgehead atoms. The van der Waals surface area contributed by atoms with Crippen molar-refractivity contribution in [3.05, 3.63) is 0 Å². The summed E-state index contributed by atoms with van der Waals surface area (Å²) in [7, 11) is 0. The molecule has 0 rings (SSSR count). The summed E-state index contributed by atoms with van der Waals surface area (Å²) >= 11 is 4.13. The molecule has 0 unspecified atom stereocenters. The molecule has 0 aromatic rings. The first kappa shape index (κ1) is 5.56. The minimum Gasteiger partial charge on any atom is -0.340 e. The summed E-state index contributed by atoms with van der Waals surface area (Å²) in [5.74, 6) is 0. The zero-order valence-electron chi connectivity index (χ0n) is 3.34. The Morgan fingerprint density at radius 1 is 2.00 bits per heavy atom. The third-order valence-corrected chi connectivity index (χ3v) is 0.270. The van der Waals surface area contributed by atoms with Gasteiger partial charge < -0.3 is 4.84 Å². The molecule has 0 heterocycles. The Morgan fingerprint density at radius 2 is 2.67 bits per heavy atom. The molecule has 1 radical (unpaired) electrons. The Bertz CT molecular complexity index is 61.8. The number of thiocarbonyl (C=S) groups is 1. The molecule has 6 heavy (non-hydrogen) atoms. The van der Waals surface area contributed by atoms with Gasteiger partial charge >= 0.3 is 0 Å². The topological polar surface area (TPSA) is 21.6 Å². The maximum absolute atomic E-state index is 4.13. The molecule has 33 valence electrons. The lowest BCUT2D eigenvalue weighted by atomic mass is 10.9. The Kier molecular flexibility index (Phi) is 4.23. The molecule has 0 N–H and O–H groups in total. The van der Waals surface area contributed by atoms with E-state index in [1.807, 2.05) is 5.55 Å². The lowest BCUT2D eigenvalue weighted by Gasteiger charge is -1.74. The Morgan fingerprint density at radius 3 is 2.83 bits per heavy atom. The van der Waals surface area contributed by atoms with Crippen molar-refractivity contribution < 1.29 is 4.84 Å². The van der Waals surface area contributed by atoms with E-state index in [9.17, 15) is 0 Å². The van der Waals surface area contributed by atoms with E-state index in [2.05, 4.69) is 22.2 Å². The lowest BCUT2D eigenvalue weighted by molar-refractivity contribution is 0.355. The van der Waals surface area contributed by atoms with E-state index in [-0.39, 0.29) is 0 Å². The van der Waals surface area contributed by atoms with Gasteiger partial charge in [0.1, 0.15) is 0 Å². The van der Waals surface area contributed by atoms with Crippen LogP contribution in [0.15, 0.2) is 5.16 Å². The summed E-state index contributed by atoms with van der Waals surface area (Å²) in [6, 6.07) is 0. The van der Waals surface area contributed by atoms with Crippen molar-refractivity contribution >= 4 is 24.0 Å². The molecule has 2 nitrogen and oxygen atoms in total. The third kappa shape index (κ3) is 3.56. The maximum Gasteiger partial charge on any atom is 0.278 e. The average molecular weight is 102 g/mol. The highest BCUT2D eigenvalue weighted by molar-refractivity contribution is 7.78. The molecular formula is C3H4NOS. The predicted octanol–water partition coefficient (Wildman–Crippen LogP) is 0.843.